The number of nitrogens with zero attached hydrogens (tertiary/aromatic N) is 2. The van der Waals surface area contributed by atoms with E-state index in [1.54, 1.807) is 7.11 Å². The van der Waals surface area contributed by atoms with Crippen molar-refractivity contribution in [3.63, 3.8) is 0 Å². The summed E-state index contributed by atoms with van der Waals surface area (Å²) in [5.74, 6) is 0.691. The summed E-state index contributed by atoms with van der Waals surface area (Å²) in [6, 6.07) is 13.2. The van der Waals surface area contributed by atoms with Crippen molar-refractivity contribution in [2.24, 2.45) is 4.99 Å². The Morgan fingerprint density at radius 2 is 1.87 bits per heavy atom. The van der Waals surface area contributed by atoms with Gasteiger partial charge in [-0.05, 0) is 54.8 Å². The lowest BCUT2D eigenvalue weighted by atomic mass is 10.1. The fourth-order valence-corrected chi connectivity index (χ4v) is 7.74. The van der Waals surface area contributed by atoms with Crippen LogP contribution in [0.3, 0.4) is 0 Å². The summed E-state index contributed by atoms with van der Waals surface area (Å²) in [4.78, 5) is 19.0. The molecule has 1 amide bonds. The number of methoxy groups -OCH3 is 1. The maximum absolute atomic E-state index is 12.7. The first-order chi connectivity index (χ1) is 14.3. The van der Waals surface area contributed by atoms with Gasteiger partial charge in [0.15, 0.2) is 15.0 Å². The van der Waals surface area contributed by atoms with Gasteiger partial charge in [-0.1, -0.05) is 30.0 Å². The molecule has 0 N–H and O–H groups in total. The van der Waals surface area contributed by atoms with Crippen molar-refractivity contribution in [1.29, 1.82) is 0 Å². The first kappa shape index (κ1) is 20.9. The Morgan fingerprint density at radius 1 is 1.13 bits per heavy atom. The molecule has 2 heterocycles. The summed E-state index contributed by atoms with van der Waals surface area (Å²) in [6.45, 7) is 4.06. The van der Waals surface area contributed by atoms with Gasteiger partial charge < -0.3 is 9.64 Å². The number of hydrogen-bond acceptors (Lipinski definition) is 5. The van der Waals surface area contributed by atoms with Crippen molar-refractivity contribution in [2.75, 3.05) is 23.5 Å². The summed E-state index contributed by atoms with van der Waals surface area (Å²) >= 11 is 1.40. The smallest absolute Gasteiger partial charge is 0.252 e. The fourth-order valence-electron chi connectivity index (χ4n) is 3.81. The second-order valence-electron chi connectivity index (χ2n) is 7.75. The summed E-state index contributed by atoms with van der Waals surface area (Å²) in [5, 5.41) is 0.478. The number of thioether (sulfide) groups is 1. The predicted molar refractivity (Wildman–Crippen MR) is 121 cm³/mol. The number of benzene rings is 2. The number of amides is 1. The van der Waals surface area contributed by atoms with Gasteiger partial charge in [0, 0.05) is 10.9 Å². The van der Waals surface area contributed by atoms with Gasteiger partial charge in [-0.25, -0.2) is 8.42 Å². The molecule has 2 fully saturated rings. The molecule has 8 heteroatoms. The van der Waals surface area contributed by atoms with Gasteiger partial charge in [0.2, 0.25) is 0 Å². The molecule has 4 rings (SSSR count). The van der Waals surface area contributed by atoms with Crippen LogP contribution in [0.15, 0.2) is 47.5 Å². The third-order valence-corrected chi connectivity index (χ3v) is 8.78. The van der Waals surface area contributed by atoms with Crippen molar-refractivity contribution in [2.45, 2.75) is 31.6 Å². The van der Waals surface area contributed by atoms with Gasteiger partial charge >= 0.3 is 0 Å². The number of hydrogen-bond donors (Lipinski definition) is 0. The van der Waals surface area contributed by atoms with Gasteiger partial charge in [-0.2, -0.15) is 4.99 Å². The monoisotopic (exact) mass is 444 g/mol. The zero-order chi connectivity index (χ0) is 21.5. The number of aryl methyl sites for hydroxylation is 2. The Bertz CT molecular complexity index is 1110. The van der Waals surface area contributed by atoms with Crippen LogP contribution in [0.25, 0.3) is 0 Å². The first-order valence-electron chi connectivity index (χ1n) is 9.74. The van der Waals surface area contributed by atoms with Crippen LogP contribution in [0, 0.1) is 13.8 Å². The molecule has 2 aliphatic heterocycles. The van der Waals surface area contributed by atoms with Crippen molar-refractivity contribution in [1.82, 2.24) is 0 Å². The van der Waals surface area contributed by atoms with Crippen molar-refractivity contribution < 1.29 is 17.9 Å². The molecule has 2 aliphatic rings. The SMILES string of the molecule is COc1ccc(CC(=O)N=C2S[C@H]3CS(=O)(=O)C[C@H]3N2c2ccc(C)c(C)c2)cc1. The molecule has 30 heavy (non-hydrogen) atoms. The minimum Gasteiger partial charge on any atom is -0.497 e. The second kappa shape index (κ2) is 8.07. The molecule has 158 valence electrons. The maximum atomic E-state index is 12.7. The van der Waals surface area contributed by atoms with E-state index in [-0.39, 0.29) is 35.1 Å². The number of carbonyl (C=O) groups excluding carboxylic acids is 1. The highest BCUT2D eigenvalue weighted by Gasteiger charge is 2.49. The molecule has 0 bridgehead atoms. The molecule has 0 aromatic heterocycles. The minimum absolute atomic E-state index is 0.0866. The Hall–Kier alpha value is -2.32. The van der Waals surface area contributed by atoms with E-state index in [1.165, 1.54) is 11.8 Å². The minimum atomic E-state index is -3.09. The van der Waals surface area contributed by atoms with E-state index in [4.69, 9.17) is 4.74 Å². The van der Waals surface area contributed by atoms with Gasteiger partial charge in [-0.15, -0.1) is 0 Å². The third kappa shape index (κ3) is 4.25. The molecular formula is C22H24N2O4S2. The van der Waals surface area contributed by atoms with Crippen LogP contribution in [0.2, 0.25) is 0 Å². The first-order valence-corrected chi connectivity index (χ1v) is 12.4. The van der Waals surface area contributed by atoms with Crippen molar-refractivity contribution in [3.05, 3.63) is 59.2 Å². The molecule has 0 saturated carbocycles. The summed E-state index contributed by atoms with van der Waals surface area (Å²) in [7, 11) is -1.49. The zero-order valence-electron chi connectivity index (χ0n) is 17.2. The van der Waals surface area contributed by atoms with Crippen LogP contribution in [0.1, 0.15) is 16.7 Å². The molecule has 2 saturated heterocycles. The van der Waals surface area contributed by atoms with E-state index < -0.39 is 9.84 Å². The fraction of sp³-hybridized carbons (Fsp3) is 0.364. The number of aliphatic imine (C=N–C) groups is 1. The lowest BCUT2D eigenvalue weighted by Crippen LogP contribution is -2.37. The Morgan fingerprint density at radius 3 is 2.53 bits per heavy atom. The Balaban J connectivity index is 1.62. The van der Waals surface area contributed by atoms with Gasteiger partial charge in [0.1, 0.15) is 5.75 Å². The van der Waals surface area contributed by atoms with Gasteiger partial charge in [0.05, 0.1) is 31.1 Å². The molecule has 0 aliphatic carbocycles. The number of sulfone groups is 1. The lowest BCUT2D eigenvalue weighted by molar-refractivity contribution is -0.117. The standard InChI is InChI=1S/C22H24N2O4S2/c1-14-4-7-17(10-15(14)2)24-19-12-30(26,27)13-20(19)29-22(24)23-21(25)11-16-5-8-18(28-3)9-6-16/h4-10,19-20H,11-13H2,1-3H3/t19-,20+/m1/s1. The average Bonchev–Trinajstić information content (AvgIpc) is 3.15. The summed E-state index contributed by atoms with van der Waals surface area (Å²) in [5.41, 5.74) is 4.01. The van der Waals surface area contributed by atoms with Gasteiger partial charge in [-0.3, -0.25) is 4.79 Å². The van der Waals surface area contributed by atoms with E-state index in [2.05, 4.69) is 4.99 Å². The molecule has 6 nitrogen and oxygen atoms in total. The van der Waals surface area contributed by atoms with E-state index in [0.717, 1.165) is 28.1 Å². The maximum Gasteiger partial charge on any atom is 0.252 e. The normalized spacial score (nSPS) is 23.6. The van der Waals surface area contributed by atoms with E-state index in [9.17, 15) is 13.2 Å². The quantitative estimate of drug-likeness (QED) is 0.721. The molecule has 2 aromatic rings. The number of carbonyl (C=O) groups is 1. The van der Waals surface area contributed by atoms with E-state index in [1.807, 2.05) is 61.2 Å². The number of fused-ring (bicyclic) bond motifs is 1. The highest BCUT2D eigenvalue weighted by Crippen LogP contribution is 2.41. The van der Waals surface area contributed by atoms with Crippen LogP contribution in [-0.4, -0.2) is 49.4 Å². The van der Waals surface area contributed by atoms with Crippen LogP contribution < -0.4 is 9.64 Å². The molecule has 2 atom stereocenters. The average molecular weight is 445 g/mol. The lowest BCUT2D eigenvalue weighted by Gasteiger charge is -2.25. The Labute approximate surface area is 181 Å². The molecule has 0 radical (unpaired) electrons. The van der Waals surface area contributed by atoms with Crippen molar-refractivity contribution >= 4 is 38.4 Å². The number of anilines is 1. The number of ether oxygens (including phenoxy) is 1. The van der Waals surface area contributed by atoms with Crippen LogP contribution in [0.4, 0.5) is 5.69 Å². The highest BCUT2D eigenvalue weighted by molar-refractivity contribution is 8.16. The molecule has 0 unspecified atom stereocenters. The van der Waals surface area contributed by atoms with E-state index in [0.29, 0.717) is 5.17 Å². The topological polar surface area (TPSA) is 76.0 Å². The third-order valence-electron chi connectivity index (χ3n) is 5.57. The molecule has 0 spiro atoms. The van der Waals surface area contributed by atoms with Crippen LogP contribution >= 0.6 is 11.8 Å². The Kier molecular flexibility index (Phi) is 5.63. The van der Waals surface area contributed by atoms with Gasteiger partial charge in [0.25, 0.3) is 5.91 Å². The largest absolute Gasteiger partial charge is 0.497 e. The van der Waals surface area contributed by atoms with Crippen LogP contribution in [-0.2, 0) is 21.1 Å². The number of rotatable bonds is 4. The molecule has 2 aromatic carbocycles. The second-order valence-corrected chi connectivity index (χ2v) is 11.1. The van der Waals surface area contributed by atoms with Crippen molar-refractivity contribution in [3.8, 4) is 5.75 Å². The highest BCUT2D eigenvalue weighted by atomic mass is 32.2. The van der Waals surface area contributed by atoms with E-state index >= 15 is 0 Å². The summed E-state index contributed by atoms with van der Waals surface area (Å²) < 4.78 is 29.6. The number of amidine groups is 1. The summed E-state index contributed by atoms with van der Waals surface area (Å²) in [6.07, 6.45) is 0.183. The van der Waals surface area contributed by atoms with Crippen LogP contribution in [0.5, 0.6) is 5.75 Å². The predicted octanol–water partition coefficient (Wildman–Crippen LogP) is 3.16. The zero-order valence-corrected chi connectivity index (χ0v) is 18.8. The molecular weight excluding hydrogens is 420 g/mol.